The first kappa shape index (κ1) is 17.0. The van der Waals surface area contributed by atoms with Crippen molar-refractivity contribution in [2.24, 2.45) is 0 Å². The van der Waals surface area contributed by atoms with Crippen LogP contribution in [0.3, 0.4) is 0 Å². The standard InChI is InChI=1S/C15H21ClN2O4S/c1-10-9-22-6-5-18(10)13-7-12(11(8-19)14(16)17-13)15(3-4-15)23(2,20)21/h7,10,19H,3-6,8-9H2,1-2H3. The summed E-state index contributed by atoms with van der Waals surface area (Å²) in [6, 6.07) is 1.92. The van der Waals surface area contributed by atoms with Crippen molar-refractivity contribution in [2.45, 2.75) is 37.2 Å². The van der Waals surface area contributed by atoms with Gasteiger partial charge in [0.1, 0.15) is 11.0 Å². The van der Waals surface area contributed by atoms with E-state index in [9.17, 15) is 13.5 Å². The van der Waals surface area contributed by atoms with Crippen molar-refractivity contribution >= 4 is 27.3 Å². The molecule has 1 aliphatic carbocycles. The second-order valence-corrected chi connectivity index (χ2v) is 9.02. The molecule has 6 nitrogen and oxygen atoms in total. The van der Waals surface area contributed by atoms with Crippen molar-refractivity contribution in [3.63, 3.8) is 0 Å². The summed E-state index contributed by atoms with van der Waals surface area (Å²) in [5, 5.41) is 9.83. The maximum Gasteiger partial charge on any atom is 0.157 e. The van der Waals surface area contributed by atoms with Gasteiger partial charge in [-0.25, -0.2) is 13.4 Å². The Morgan fingerprint density at radius 2 is 2.22 bits per heavy atom. The van der Waals surface area contributed by atoms with Gasteiger partial charge in [0.15, 0.2) is 9.84 Å². The molecule has 1 aromatic heterocycles. The van der Waals surface area contributed by atoms with Gasteiger partial charge in [-0.15, -0.1) is 0 Å². The predicted molar refractivity (Wildman–Crippen MR) is 88.6 cm³/mol. The normalized spacial score (nSPS) is 23.8. The topological polar surface area (TPSA) is 79.7 Å². The van der Waals surface area contributed by atoms with Crippen LogP contribution in [0.4, 0.5) is 5.82 Å². The summed E-state index contributed by atoms with van der Waals surface area (Å²) in [6.45, 7) is 3.56. The van der Waals surface area contributed by atoms with E-state index in [4.69, 9.17) is 16.3 Å². The van der Waals surface area contributed by atoms with Gasteiger partial charge >= 0.3 is 0 Å². The number of morpholine rings is 1. The molecule has 23 heavy (non-hydrogen) atoms. The number of anilines is 1. The van der Waals surface area contributed by atoms with Crippen molar-refractivity contribution in [3.05, 3.63) is 22.3 Å². The van der Waals surface area contributed by atoms with Gasteiger partial charge in [0.25, 0.3) is 0 Å². The predicted octanol–water partition coefficient (Wildman–Crippen LogP) is 1.49. The molecular formula is C15H21ClN2O4S. The van der Waals surface area contributed by atoms with E-state index in [1.165, 1.54) is 6.26 Å². The van der Waals surface area contributed by atoms with Gasteiger partial charge in [-0.05, 0) is 31.4 Å². The quantitative estimate of drug-likeness (QED) is 0.819. The number of sulfone groups is 1. The Bertz CT molecular complexity index is 718. The van der Waals surface area contributed by atoms with E-state index in [2.05, 4.69) is 9.88 Å². The average Bonchev–Trinajstić information content (AvgIpc) is 3.28. The van der Waals surface area contributed by atoms with Crippen LogP contribution in [0.5, 0.6) is 0 Å². The van der Waals surface area contributed by atoms with Crippen LogP contribution in [0.25, 0.3) is 0 Å². The lowest BCUT2D eigenvalue weighted by Gasteiger charge is -2.35. The molecule has 1 saturated heterocycles. The summed E-state index contributed by atoms with van der Waals surface area (Å²) in [6.07, 6.45) is 2.35. The van der Waals surface area contributed by atoms with E-state index in [1.807, 2.05) is 6.92 Å². The Hall–Kier alpha value is -0.890. The fourth-order valence-corrected chi connectivity index (χ4v) is 4.93. The van der Waals surface area contributed by atoms with E-state index in [0.717, 1.165) is 0 Å². The number of ether oxygens (including phenoxy) is 1. The summed E-state index contributed by atoms with van der Waals surface area (Å²) in [5.41, 5.74) is 1.01. The zero-order valence-electron chi connectivity index (χ0n) is 13.2. The van der Waals surface area contributed by atoms with Gasteiger partial charge in [-0.2, -0.15) is 0 Å². The van der Waals surface area contributed by atoms with Crippen LogP contribution in [-0.4, -0.2) is 50.6 Å². The molecule has 2 aliphatic rings. The fourth-order valence-electron chi connectivity index (χ4n) is 3.25. The Balaban J connectivity index is 2.12. The molecule has 1 aliphatic heterocycles. The summed E-state index contributed by atoms with van der Waals surface area (Å²) < 4.78 is 29.0. The molecule has 0 radical (unpaired) electrons. The van der Waals surface area contributed by atoms with E-state index < -0.39 is 14.6 Å². The summed E-state index contributed by atoms with van der Waals surface area (Å²) >= 11 is 6.26. The van der Waals surface area contributed by atoms with E-state index in [-0.39, 0.29) is 17.8 Å². The molecule has 1 atom stereocenters. The second-order valence-electron chi connectivity index (χ2n) is 6.34. The van der Waals surface area contributed by atoms with Crippen molar-refractivity contribution in [1.29, 1.82) is 0 Å². The van der Waals surface area contributed by atoms with Gasteiger partial charge < -0.3 is 14.7 Å². The number of rotatable bonds is 4. The van der Waals surface area contributed by atoms with Crippen molar-refractivity contribution in [1.82, 2.24) is 4.98 Å². The minimum absolute atomic E-state index is 0.133. The van der Waals surface area contributed by atoms with Gasteiger partial charge in [0.2, 0.25) is 0 Å². The monoisotopic (exact) mass is 360 g/mol. The van der Waals surface area contributed by atoms with Crippen molar-refractivity contribution in [3.8, 4) is 0 Å². The zero-order valence-corrected chi connectivity index (χ0v) is 14.8. The lowest BCUT2D eigenvalue weighted by molar-refractivity contribution is 0.0985. The maximum absolute atomic E-state index is 12.3. The van der Waals surface area contributed by atoms with Crippen LogP contribution >= 0.6 is 11.6 Å². The lowest BCUT2D eigenvalue weighted by Crippen LogP contribution is -2.44. The summed E-state index contributed by atoms with van der Waals surface area (Å²) in [4.78, 5) is 6.45. The molecule has 8 heteroatoms. The third-order valence-corrected chi connectivity index (χ3v) is 7.15. The van der Waals surface area contributed by atoms with E-state index >= 15 is 0 Å². The van der Waals surface area contributed by atoms with Crippen LogP contribution < -0.4 is 4.90 Å². The molecular weight excluding hydrogens is 340 g/mol. The van der Waals surface area contributed by atoms with Crippen LogP contribution in [-0.2, 0) is 25.9 Å². The molecule has 0 spiro atoms. The minimum atomic E-state index is -3.30. The molecule has 128 valence electrons. The number of aliphatic hydroxyl groups is 1. The molecule has 0 amide bonds. The van der Waals surface area contributed by atoms with E-state index in [1.54, 1.807) is 6.07 Å². The first-order chi connectivity index (χ1) is 10.8. The van der Waals surface area contributed by atoms with Gasteiger partial charge in [0.05, 0.1) is 30.6 Å². The van der Waals surface area contributed by atoms with Crippen LogP contribution in [0.2, 0.25) is 5.15 Å². The Morgan fingerprint density at radius 1 is 1.52 bits per heavy atom. The highest BCUT2D eigenvalue weighted by atomic mass is 35.5. The molecule has 1 saturated carbocycles. The number of halogens is 1. The number of aliphatic hydroxyl groups excluding tert-OH is 1. The summed E-state index contributed by atoms with van der Waals surface area (Å²) in [7, 11) is -3.30. The minimum Gasteiger partial charge on any atom is -0.392 e. The first-order valence-corrected chi connectivity index (χ1v) is 9.92. The molecule has 1 unspecified atom stereocenters. The molecule has 2 heterocycles. The number of hydrogen-bond donors (Lipinski definition) is 1. The molecule has 2 fully saturated rings. The van der Waals surface area contributed by atoms with Gasteiger partial charge in [0, 0.05) is 18.4 Å². The lowest BCUT2D eigenvalue weighted by atomic mass is 10.0. The Kier molecular flexibility index (Phi) is 4.33. The largest absolute Gasteiger partial charge is 0.392 e. The Labute approximate surface area is 141 Å². The molecule has 1 aromatic rings. The third kappa shape index (κ3) is 2.84. The molecule has 0 aromatic carbocycles. The van der Waals surface area contributed by atoms with Crippen LogP contribution in [0, 0.1) is 0 Å². The van der Waals surface area contributed by atoms with Crippen LogP contribution in [0.1, 0.15) is 30.9 Å². The molecule has 0 bridgehead atoms. The summed E-state index contributed by atoms with van der Waals surface area (Å²) in [5.74, 6) is 0.646. The average molecular weight is 361 g/mol. The number of aromatic nitrogens is 1. The highest BCUT2D eigenvalue weighted by Gasteiger charge is 2.55. The van der Waals surface area contributed by atoms with Gasteiger partial charge in [-0.3, -0.25) is 0 Å². The second kappa shape index (κ2) is 5.88. The van der Waals surface area contributed by atoms with Crippen molar-refractivity contribution < 1.29 is 18.3 Å². The number of hydrogen-bond acceptors (Lipinski definition) is 6. The third-order valence-electron chi connectivity index (χ3n) is 4.79. The highest BCUT2D eigenvalue weighted by Crippen LogP contribution is 2.54. The number of nitrogens with zero attached hydrogens (tertiary/aromatic N) is 2. The number of pyridine rings is 1. The van der Waals surface area contributed by atoms with Crippen molar-refractivity contribution in [2.75, 3.05) is 30.9 Å². The Morgan fingerprint density at radius 3 is 2.74 bits per heavy atom. The SMILES string of the molecule is CC1COCCN1c1cc(C2(S(C)(=O)=O)CC2)c(CO)c(Cl)n1. The smallest absolute Gasteiger partial charge is 0.157 e. The molecule has 3 rings (SSSR count). The maximum atomic E-state index is 12.3. The fraction of sp³-hybridized carbons (Fsp3) is 0.667. The highest BCUT2D eigenvalue weighted by molar-refractivity contribution is 7.92. The van der Waals surface area contributed by atoms with E-state index in [0.29, 0.717) is 49.5 Å². The van der Waals surface area contributed by atoms with Crippen LogP contribution in [0.15, 0.2) is 6.07 Å². The first-order valence-electron chi connectivity index (χ1n) is 7.65. The zero-order chi connectivity index (χ0) is 16.8. The molecule has 1 N–H and O–H groups in total. The van der Waals surface area contributed by atoms with Gasteiger partial charge in [-0.1, -0.05) is 11.6 Å².